The molecule has 1 aliphatic heterocycles. The van der Waals surface area contributed by atoms with Crippen LogP contribution < -0.4 is 19.3 Å². The van der Waals surface area contributed by atoms with Crippen molar-refractivity contribution >= 4 is 33.0 Å². The molecule has 0 spiro atoms. The molecule has 0 bridgehead atoms. The summed E-state index contributed by atoms with van der Waals surface area (Å²) >= 11 is 0. The summed E-state index contributed by atoms with van der Waals surface area (Å²) in [5.74, 6) is 0.225. The van der Waals surface area contributed by atoms with Crippen molar-refractivity contribution in [3.05, 3.63) is 48.5 Å². The minimum absolute atomic E-state index is 0.260. The molecule has 1 atom stereocenters. The van der Waals surface area contributed by atoms with Crippen molar-refractivity contribution in [3.63, 3.8) is 0 Å². The summed E-state index contributed by atoms with van der Waals surface area (Å²) in [4.78, 5) is 17.2. The van der Waals surface area contributed by atoms with Gasteiger partial charge in [-0.1, -0.05) is 0 Å². The van der Waals surface area contributed by atoms with E-state index in [9.17, 15) is 13.2 Å². The van der Waals surface area contributed by atoms with Gasteiger partial charge in [0, 0.05) is 44.6 Å². The van der Waals surface area contributed by atoms with Crippen molar-refractivity contribution in [3.8, 4) is 5.75 Å². The average Bonchev–Trinajstić information content (AvgIpc) is 2.74. The van der Waals surface area contributed by atoms with Crippen molar-refractivity contribution in [1.82, 2.24) is 4.90 Å². The minimum Gasteiger partial charge on any atom is -0.481 e. The maximum absolute atomic E-state index is 12.5. The first-order valence-corrected chi connectivity index (χ1v) is 12.0. The molecule has 9 heteroatoms. The smallest absolute Gasteiger partial charge is 0.265 e. The number of anilines is 3. The largest absolute Gasteiger partial charge is 0.481 e. The molecule has 0 unspecified atom stereocenters. The Labute approximate surface area is 184 Å². The van der Waals surface area contributed by atoms with Crippen LogP contribution in [0.25, 0.3) is 0 Å². The predicted molar refractivity (Wildman–Crippen MR) is 125 cm³/mol. The van der Waals surface area contributed by atoms with Gasteiger partial charge in [0.25, 0.3) is 5.91 Å². The fourth-order valence-electron chi connectivity index (χ4n) is 3.25. The van der Waals surface area contributed by atoms with Gasteiger partial charge in [-0.25, -0.2) is 8.42 Å². The van der Waals surface area contributed by atoms with Crippen LogP contribution in [0.5, 0.6) is 5.75 Å². The Bertz CT molecular complexity index is 985. The fraction of sp³-hybridized carbons (Fsp3) is 0.409. The van der Waals surface area contributed by atoms with E-state index in [-0.39, 0.29) is 5.91 Å². The lowest BCUT2D eigenvalue weighted by Gasteiger charge is -2.34. The number of nitrogens with one attached hydrogen (secondary N) is 1. The molecule has 31 heavy (non-hydrogen) atoms. The Morgan fingerprint density at radius 2 is 1.61 bits per heavy atom. The number of benzene rings is 2. The van der Waals surface area contributed by atoms with Gasteiger partial charge < -0.3 is 19.9 Å². The highest BCUT2D eigenvalue weighted by Crippen LogP contribution is 2.22. The fourth-order valence-corrected chi connectivity index (χ4v) is 3.75. The van der Waals surface area contributed by atoms with Crippen molar-refractivity contribution in [2.24, 2.45) is 0 Å². The molecule has 8 nitrogen and oxygen atoms in total. The lowest BCUT2D eigenvalue weighted by Crippen LogP contribution is -2.44. The molecular weight excluding hydrogens is 416 g/mol. The second kappa shape index (κ2) is 9.57. The van der Waals surface area contributed by atoms with Crippen molar-refractivity contribution in [1.29, 1.82) is 0 Å². The lowest BCUT2D eigenvalue weighted by molar-refractivity contribution is -0.122. The van der Waals surface area contributed by atoms with Crippen LogP contribution in [0.4, 0.5) is 17.1 Å². The highest BCUT2D eigenvalue weighted by atomic mass is 32.2. The van der Waals surface area contributed by atoms with Crippen LogP contribution in [-0.2, 0) is 14.8 Å². The monoisotopic (exact) mass is 446 g/mol. The van der Waals surface area contributed by atoms with Gasteiger partial charge in [-0.3, -0.25) is 9.10 Å². The highest BCUT2D eigenvalue weighted by molar-refractivity contribution is 7.92. The summed E-state index contributed by atoms with van der Waals surface area (Å²) in [5, 5.41) is 2.87. The number of nitrogens with zero attached hydrogens (tertiary/aromatic N) is 3. The highest BCUT2D eigenvalue weighted by Gasteiger charge is 2.17. The molecule has 1 N–H and O–H groups in total. The third-order valence-electron chi connectivity index (χ3n) is 5.38. The average molecular weight is 447 g/mol. The number of amides is 1. The van der Waals surface area contributed by atoms with Crippen LogP contribution >= 0.6 is 0 Å². The predicted octanol–water partition coefficient (Wildman–Crippen LogP) is 2.24. The molecule has 0 radical (unpaired) electrons. The summed E-state index contributed by atoms with van der Waals surface area (Å²) in [6, 6.07) is 14.4. The summed E-state index contributed by atoms with van der Waals surface area (Å²) < 4.78 is 30.1. The quantitative estimate of drug-likeness (QED) is 0.703. The zero-order valence-electron chi connectivity index (χ0n) is 18.4. The van der Waals surface area contributed by atoms with E-state index < -0.39 is 16.1 Å². The third-order valence-corrected chi connectivity index (χ3v) is 6.59. The van der Waals surface area contributed by atoms with E-state index in [0.29, 0.717) is 17.1 Å². The molecule has 168 valence electrons. The maximum atomic E-state index is 12.5. The van der Waals surface area contributed by atoms with Crippen LogP contribution in [0.1, 0.15) is 6.92 Å². The van der Waals surface area contributed by atoms with E-state index in [0.717, 1.165) is 38.1 Å². The zero-order chi connectivity index (χ0) is 22.6. The van der Waals surface area contributed by atoms with Crippen LogP contribution in [0, 0.1) is 0 Å². The number of carbonyl (C=O) groups is 1. The molecule has 2 aromatic rings. The van der Waals surface area contributed by atoms with Crippen LogP contribution in [0.15, 0.2) is 48.5 Å². The topological polar surface area (TPSA) is 82.2 Å². The standard InChI is InChI=1S/C22H30N4O4S/c1-17(30-21-11-9-19(10-12-21)25(3)31(4,28)29)22(27)23-18-5-7-20(8-6-18)26-15-13-24(2)14-16-26/h5-12,17H,13-16H2,1-4H3,(H,23,27)/t17-/m1/s1. The van der Waals surface area contributed by atoms with E-state index in [1.165, 1.54) is 11.4 Å². The maximum Gasteiger partial charge on any atom is 0.265 e. The summed E-state index contributed by atoms with van der Waals surface area (Å²) in [6.45, 7) is 5.74. The number of hydrogen-bond donors (Lipinski definition) is 1. The molecule has 1 heterocycles. The third kappa shape index (κ3) is 6.11. The van der Waals surface area contributed by atoms with Crippen molar-refractivity contribution < 1.29 is 17.9 Å². The molecule has 0 aliphatic carbocycles. The molecule has 1 saturated heterocycles. The number of sulfonamides is 1. The first-order chi connectivity index (χ1) is 14.6. The van der Waals surface area contributed by atoms with Gasteiger partial charge in [0.05, 0.1) is 11.9 Å². The van der Waals surface area contributed by atoms with E-state index in [2.05, 4.69) is 22.2 Å². The number of likely N-dealkylation sites (N-methyl/N-ethyl adjacent to an activating group) is 1. The van der Waals surface area contributed by atoms with E-state index >= 15 is 0 Å². The van der Waals surface area contributed by atoms with Crippen LogP contribution in [-0.4, -0.2) is 71.9 Å². The van der Waals surface area contributed by atoms with E-state index in [1.807, 2.05) is 24.3 Å². The van der Waals surface area contributed by atoms with Gasteiger partial charge in [-0.05, 0) is 62.5 Å². The second-order valence-electron chi connectivity index (χ2n) is 7.81. The second-order valence-corrected chi connectivity index (χ2v) is 9.82. The van der Waals surface area contributed by atoms with E-state index in [1.54, 1.807) is 31.2 Å². The molecule has 0 aromatic heterocycles. The van der Waals surface area contributed by atoms with Crippen LogP contribution in [0.2, 0.25) is 0 Å². The first kappa shape index (κ1) is 22.9. The number of piperazine rings is 1. The van der Waals surface area contributed by atoms with Gasteiger partial charge in [0.15, 0.2) is 6.10 Å². The molecule has 1 fully saturated rings. The number of carbonyl (C=O) groups excluding carboxylic acids is 1. The zero-order valence-corrected chi connectivity index (χ0v) is 19.2. The molecular formula is C22H30N4O4S. The molecule has 2 aromatic carbocycles. The SMILES string of the molecule is C[C@@H](Oc1ccc(N(C)S(C)(=O)=O)cc1)C(=O)Nc1ccc(N2CCN(C)CC2)cc1. The molecule has 1 amide bonds. The summed E-state index contributed by atoms with van der Waals surface area (Å²) in [7, 11) is 0.280. The Balaban J connectivity index is 1.54. The van der Waals surface area contributed by atoms with Crippen molar-refractivity contribution in [2.45, 2.75) is 13.0 Å². The van der Waals surface area contributed by atoms with Gasteiger partial charge >= 0.3 is 0 Å². The van der Waals surface area contributed by atoms with Crippen LogP contribution in [0.3, 0.4) is 0 Å². The normalized spacial score (nSPS) is 15.9. The number of rotatable bonds is 7. The number of ether oxygens (including phenoxy) is 1. The summed E-state index contributed by atoms with van der Waals surface area (Å²) in [6.07, 6.45) is 0.428. The Kier molecular flexibility index (Phi) is 7.07. The summed E-state index contributed by atoms with van der Waals surface area (Å²) in [5.41, 5.74) is 2.38. The first-order valence-electron chi connectivity index (χ1n) is 10.2. The molecule has 3 rings (SSSR count). The number of hydrogen-bond acceptors (Lipinski definition) is 6. The van der Waals surface area contributed by atoms with Gasteiger partial charge in [0.2, 0.25) is 10.0 Å². The molecule has 1 aliphatic rings. The Morgan fingerprint density at radius 3 is 2.16 bits per heavy atom. The van der Waals surface area contributed by atoms with Gasteiger partial charge in [-0.2, -0.15) is 0 Å². The Hall–Kier alpha value is -2.78. The van der Waals surface area contributed by atoms with Gasteiger partial charge in [0.1, 0.15) is 5.75 Å². The minimum atomic E-state index is -3.33. The van der Waals surface area contributed by atoms with Crippen molar-refractivity contribution in [2.75, 3.05) is 61.1 Å². The van der Waals surface area contributed by atoms with Gasteiger partial charge in [-0.15, -0.1) is 0 Å². The Morgan fingerprint density at radius 1 is 1.03 bits per heavy atom. The molecule has 0 saturated carbocycles. The lowest BCUT2D eigenvalue weighted by atomic mass is 10.2. The van der Waals surface area contributed by atoms with E-state index in [4.69, 9.17) is 4.74 Å².